The van der Waals surface area contributed by atoms with Crippen molar-refractivity contribution in [2.45, 2.75) is 19.9 Å². The van der Waals surface area contributed by atoms with Gasteiger partial charge in [0.25, 0.3) is 0 Å². The molecule has 0 radical (unpaired) electrons. The van der Waals surface area contributed by atoms with E-state index < -0.39 is 12.0 Å². The van der Waals surface area contributed by atoms with Crippen molar-refractivity contribution >= 4 is 12.0 Å². The van der Waals surface area contributed by atoms with Crippen LogP contribution in [0.15, 0.2) is 0 Å². The molecule has 1 rings (SSSR count). The van der Waals surface area contributed by atoms with Gasteiger partial charge in [0.1, 0.15) is 0 Å². The fourth-order valence-corrected chi connectivity index (χ4v) is 1.71. The number of urea groups is 1. The number of carbonyl (C=O) groups excluding carboxylic acids is 1. The number of hydrogen-bond donors (Lipinski definition) is 1. The zero-order valence-electron chi connectivity index (χ0n) is 9.68. The van der Waals surface area contributed by atoms with Crippen molar-refractivity contribution in [3.05, 3.63) is 0 Å². The average Bonchev–Trinajstić information content (AvgIpc) is 2.30. The zero-order chi connectivity index (χ0) is 12.1. The second-order valence-corrected chi connectivity index (χ2v) is 3.58. The van der Waals surface area contributed by atoms with E-state index in [1.807, 2.05) is 13.8 Å². The number of aliphatic carboxylic acids is 1. The number of amides is 2. The monoisotopic (exact) mass is 230 g/mol. The lowest BCUT2D eigenvalue weighted by molar-refractivity contribution is -0.147. The summed E-state index contributed by atoms with van der Waals surface area (Å²) in [7, 11) is 0. The van der Waals surface area contributed by atoms with E-state index in [0.29, 0.717) is 26.2 Å². The summed E-state index contributed by atoms with van der Waals surface area (Å²) in [5.41, 5.74) is 0. The summed E-state index contributed by atoms with van der Waals surface area (Å²) in [6.45, 7) is 5.72. The summed E-state index contributed by atoms with van der Waals surface area (Å²) in [5, 5.41) is 8.99. The summed E-state index contributed by atoms with van der Waals surface area (Å²) < 4.78 is 5.08. The van der Waals surface area contributed by atoms with Gasteiger partial charge in [0.05, 0.1) is 13.2 Å². The quantitative estimate of drug-likeness (QED) is 0.753. The van der Waals surface area contributed by atoms with E-state index in [4.69, 9.17) is 9.84 Å². The average molecular weight is 230 g/mol. The highest BCUT2D eigenvalue weighted by Gasteiger charge is 2.34. The van der Waals surface area contributed by atoms with Crippen LogP contribution >= 0.6 is 0 Å². The number of ether oxygens (including phenoxy) is 1. The molecule has 1 aliphatic rings. The molecule has 16 heavy (non-hydrogen) atoms. The van der Waals surface area contributed by atoms with E-state index in [1.54, 1.807) is 4.90 Å². The van der Waals surface area contributed by atoms with Gasteiger partial charge >= 0.3 is 12.0 Å². The molecule has 0 saturated carbocycles. The van der Waals surface area contributed by atoms with Crippen molar-refractivity contribution < 1.29 is 19.4 Å². The molecular weight excluding hydrogens is 212 g/mol. The van der Waals surface area contributed by atoms with Crippen LogP contribution in [-0.2, 0) is 9.53 Å². The van der Waals surface area contributed by atoms with E-state index in [2.05, 4.69) is 0 Å². The Morgan fingerprint density at radius 2 is 2.06 bits per heavy atom. The third-order valence-corrected chi connectivity index (χ3v) is 2.69. The van der Waals surface area contributed by atoms with Gasteiger partial charge in [-0.2, -0.15) is 0 Å². The first-order valence-electron chi connectivity index (χ1n) is 5.47. The fourth-order valence-electron chi connectivity index (χ4n) is 1.71. The van der Waals surface area contributed by atoms with Crippen LogP contribution in [0.25, 0.3) is 0 Å². The van der Waals surface area contributed by atoms with Crippen molar-refractivity contribution in [1.82, 2.24) is 9.80 Å². The van der Waals surface area contributed by atoms with Crippen molar-refractivity contribution in [3.8, 4) is 0 Å². The molecule has 1 saturated heterocycles. The molecular formula is C10H18N2O4. The molecule has 0 spiro atoms. The largest absolute Gasteiger partial charge is 0.480 e. The third-order valence-electron chi connectivity index (χ3n) is 2.69. The Bertz CT molecular complexity index is 266. The molecule has 1 atom stereocenters. The second-order valence-electron chi connectivity index (χ2n) is 3.58. The molecule has 2 amide bonds. The topological polar surface area (TPSA) is 70.1 Å². The van der Waals surface area contributed by atoms with Crippen molar-refractivity contribution in [3.63, 3.8) is 0 Å². The third kappa shape index (κ3) is 2.63. The van der Waals surface area contributed by atoms with Crippen molar-refractivity contribution in [2.24, 2.45) is 0 Å². The normalized spacial score (nSPS) is 20.6. The Labute approximate surface area is 94.8 Å². The van der Waals surface area contributed by atoms with Gasteiger partial charge in [-0.3, -0.25) is 0 Å². The van der Waals surface area contributed by atoms with E-state index in [-0.39, 0.29) is 12.6 Å². The minimum atomic E-state index is -1.01. The number of carboxylic acid groups (broad SMARTS) is 1. The first-order chi connectivity index (χ1) is 7.61. The van der Waals surface area contributed by atoms with Crippen LogP contribution in [0.5, 0.6) is 0 Å². The lowest BCUT2D eigenvalue weighted by atomic mass is 10.2. The first kappa shape index (κ1) is 12.8. The van der Waals surface area contributed by atoms with Crippen LogP contribution < -0.4 is 0 Å². The van der Waals surface area contributed by atoms with Gasteiger partial charge in [0.15, 0.2) is 6.04 Å². The van der Waals surface area contributed by atoms with Crippen molar-refractivity contribution in [2.75, 3.05) is 32.8 Å². The van der Waals surface area contributed by atoms with Crippen LogP contribution in [0.1, 0.15) is 13.8 Å². The van der Waals surface area contributed by atoms with Gasteiger partial charge in [-0.15, -0.1) is 0 Å². The van der Waals surface area contributed by atoms with Crippen LogP contribution in [0, 0.1) is 0 Å². The first-order valence-corrected chi connectivity index (χ1v) is 5.47. The van der Waals surface area contributed by atoms with E-state index in [9.17, 15) is 9.59 Å². The number of nitrogens with zero attached hydrogens (tertiary/aromatic N) is 2. The van der Waals surface area contributed by atoms with Crippen molar-refractivity contribution in [1.29, 1.82) is 0 Å². The Morgan fingerprint density at radius 1 is 1.44 bits per heavy atom. The molecule has 1 aliphatic heterocycles. The number of carboxylic acids is 1. The number of carbonyl (C=O) groups is 2. The maximum absolute atomic E-state index is 12.0. The molecule has 0 aromatic carbocycles. The van der Waals surface area contributed by atoms with E-state index in [0.717, 1.165) is 0 Å². The zero-order valence-corrected chi connectivity index (χ0v) is 9.68. The number of morpholine rings is 1. The maximum Gasteiger partial charge on any atom is 0.328 e. The molecule has 1 N–H and O–H groups in total. The summed E-state index contributed by atoms with van der Waals surface area (Å²) in [6.07, 6.45) is 0. The lowest BCUT2D eigenvalue weighted by Gasteiger charge is -2.36. The molecule has 1 unspecified atom stereocenters. The Kier molecular flexibility index (Phi) is 4.54. The van der Waals surface area contributed by atoms with Crippen LogP contribution in [-0.4, -0.2) is 65.8 Å². The van der Waals surface area contributed by atoms with Gasteiger partial charge in [-0.1, -0.05) is 0 Å². The predicted molar refractivity (Wildman–Crippen MR) is 57.3 cm³/mol. The highest BCUT2D eigenvalue weighted by atomic mass is 16.5. The molecule has 6 nitrogen and oxygen atoms in total. The minimum Gasteiger partial charge on any atom is -0.480 e. The van der Waals surface area contributed by atoms with Gasteiger partial charge in [-0.25, -0.2) is 9.59 Å². The molecule has 1 fully saturated rings. The summed E-state index contributed by atoms with van der Waals surface area (Å²) >= 11 is 0. The predicted octanol–water partition coefficient (Wildman–Crippen LogP) is 0.234. The van der Waals surface area contributed by atoms with Gasteiger partial charge < -0.3 is 19.6 Å². The van der Waals surface area contributed by atoms with Crippen LogP contribution in [0.2, 0.25) is 0 Å². The fraction of sp³-hybridized carbons (Fsp3) is 0.800. The molecule has 1 heterocycles. The highest BCUT2D eigenvalue weighted by Crippen LogP contribution is 2.10. The number of rotatable bonds is 3. The molecule has 0 aliphatic carbocycles. The summed E-state index contributed by atoms with van der Waals surface area (Å²) in [6, 6.07) is -1.08. The molecule has 6 heteroatoms. The van der Waals surface area contributed by atoms with Crippen LogP contribution in [0.3, 0.4) is 0 Å². The summed E-state index contributed by atoms with van der Waals surface area (Å²) in [4.78, 5) is 26.0. The second kappa shape index (κ2) is 5.69. The van der Waals surface area contributed by atoms with Crippen LogP contribution in [0.4, 0.5) is 4.79 Å². The SMILES string of the molecule is CCN(CC)C(=O)N1CCOCC1C(=O)O. The van der Waals surface area contributed by atoms with Gasteiger partial charge in [0, 0.05) is 19.6 Å². The van der Waals surface area contributed by atoms with E-state index in [1.165, 1.54) is 4.90 Å². The molecule has 92 valence electrons. The smallest absolute Gasteiger partial charge is 0.328 e. The standard InChI is InChI=1S/C10H18N2O4/c1-3-11(4-2)10(15)12-5-6-16-7-8(12)9(13)14/h8H,3-7H2,1-2H3,(H,13,14). The molecule has 0 aromatic heterocycles. The lowest BCUT2D eigenvalue weighted by Crippen LogP contribution is -2.56. The van der Waals surface area contributed by atoms with E-state index >= 15 is 0 Å². The Balaban J connectivity index is 2.74. The Morgan fingerprint density at radius 3 is 2.56 bits per heavy atom. The van der Waals surface area contributed by atoms with Gasteiger partial charge in [-0.05, 0) is 13.8 Å². The summed E-state index contributed by atoms with van der Waals surface area (Å²) in [5.74, 6) is -1.01. The minimum absolute atomic E-state index is 0.0718. The maximum atomic E-state index is 12.0. The molecule has 0 bridgehead atoms. The molecule has 0 aromatic rings. The Hall–Kier alpha value is -1.30. The van der Waals surface area contributed by atoms with Gasteiger partial charge in [0.2, 0.25) is 0 Å². The number of hydrogen-bond acceptors (Lipinski definition) is 3. The highest BCUT2D eigenvalue weighted by molar-refractivity contribution is 5.83.